The van der Waals surface area contributed by atoms with Gasteiger partial charge in [0.05, 0.1) is 17.8 Å². The van der Waals surface area contributed by atoms with Crippen LogP contribution in [0.5, 0.6) is 0 Å². The number of amides is 1. The predicted molar refractivity (Wildman–Crippen MR) is 108 cm³/mol. The van der Waals surface area contributed by atoms with E-state index in [1.54, 1.807) is 12.4 Å². The molecule has 1 aliphatic carbocycles. The smallest absolute Gasteiger partial charge is 0.234 e. The molecule has 1 aliphatic heterocycles. The number of likely N-dealkylation sites (N-methyl/N-ethyl adjacent to an activating group) is 1. The molecule has 1 aromatic heterocycles. The van der Waals surface area contributed by atoms with E-state index in [9.17, 15) is 10.1 Å². The van der Waals surface area contributed by atoms with Gasteiger partial charge in [-0.05, 0) is 57.3 Å². The highest BCUT2D eigenvalue weighted by Crippen LogP contribution is 2.42. The van der Waals surface area contributed by atoms with Gasteiger partial charge in [-0.25, -0.2) is 0 Å². The molecule has 0 unspecified atom stereocenters. The second-order valence-corrected chi connectivity index (χ2v) is 8.24. The second-order valence-electron chi connectivity index (χ2n) is 8.24. The summed E-state index contributed by atoms with van der Waals surface area (Å²) in [6.07, 6.45) is 6.89. The van der Waals surface area contributed by atoms with E-state index in [-0.39, 0.29) is 11.9 Å². The van der Waals surface area contributed by atoms with E-state index in [0.717, 1.165) is 36.6 Å². The largest absolute Gasteiger partial charge is 0.367 e. The zero-order valence-corrected chi connectivity index (χ0v) is 16.4. The number of carbonyl (C=O) groups excluding carboxylic acids is 1. The molecule has 1 aromatic carbocycles. The maximum atomic E-state index is 12.3. The number of benzene rings is 1. The Morgan fingerprint density at radius 3 is 2.64 bits per heavy atom. The quantitative estimate of drug-likeness (QED) is 0.854. The molecule has 2 heterocycles. The van der Waals surface area contributed by atoms with Gasteiger partial charge >= 0.3 is 0 Å². The van der Waals surface area contributed by atoms with Crippen LogP contribution in [-0.4, -0.2) is 60.5 Å². The maximum absolute atomic E-state index is 12.3. The van der Waals surface area contributed by atoms with Crippen LogP contribution in [0.3, 0.4) is 0 Å². The van der Waals surface area contributed by atoms with Gasteiger partial charge in [-0.15, -0.1) is 0 Å². The summed E-state index contributed by atoms with van der Waals surface area (Å²) in [6, 6.07) is 6.13. The standard InChI is InChI=1S/C21H26N6O/c1-26(2)13-19(28)25-17-9-16(14-3-4-14)11-27(12-17)18-6-5-15(10-22)20-21(18)24-8-7-23-20/h5-8,14,16-17H,3-4,9,11-13H2,1-2H3,(H,25,28)/t16-,17+/m1/s1. The van der Waals surface area contributed by atoms with Gasteiger partial charge in [0.15, 0.2) is 0 Å². The zero-order valence-electron chi connectivity index (χ0n) is 16.4. The van der Waals surface area contributed by atoms with Crippen molar-refractivity contribution < 1.29 is 4.79 Å². The number of rotatable bonds is 5. The van der Waals surface area contributed by atoms with Crippen LogP contribution in [0.15, 0.2) is 24.5 Å². The van der Waals surface area contributed by atoms with E-state index in [1.165, 1.54) is 12.8 Å². The van der Waals surface area contributed by atoms with Crippen LogP contribution >= 0.6 is 0 Å². The van der Waals surface area contributed by atoms with Gasteiger partial charge in [-0.2, -0.15) is 5.26 Å². The number of hydrogen-bond acceptors (Lipinski definition) is 6. The molecule has 1 amide bonds. The number of carbonyl (C=O) groups is 1. The molecular formula is C21H26N6O. The first-order valence-electron chi connectivity index (χ1n) is 9.88. The Bertz CT molecular complexity index is 917. The van der Waals surface area contributed by atoms with Gasteiger partial charge in [0.25, 0.3) is 0 Å². The number of nitriles is 1. The highest BCUT2D eigenvalue weighted by molar-refractivity contribution is 5.92. The topological polar surface area (TPSA) is 85.2 Å². The molecule has 0 spiro atoms. The molecule has 1 saturated carbocycles. The summed E-state index contributed by atoms with van der Waals surface area (Å²) < 4.78 is 0. The first-order chi connectivity index (χ1) is 13.5. The average molecular weight is 378 g/mol. The molecule has 2 aromatic rings. The minimum atomic E-state index is 0.0656. The van der Waals surface area contributed by atoms with Crippen molar-refractivity contribution in [1.82, 2.24) is 20.2 Å². The minimum absolute atomic E-state index is 0.0656. The molecule has 1 saturated heterocycles. The Hall–Kier alpha value is -2.72. The minimum Gasteiger partial charge on any atom is -0.367 e. The number of fused-ring (bicyclic) bond motifs is 1. The lowest BCUT2D eigenvalue weighted by atomic mass is 9.89. The molecular weight excluding hydrogens is 352 g/mol. The number of hydrogen-bond donors (Lipinski definition) is 1. The van der Waals surface area contributed by atoms with Crippen molar-refractivity contribution in [3.63, 3.8) is 0 Å². The highest BCUT2D eigenvalue weighted by Gasteiger charge is 2.38. The van der Waals surface area contributed by atoms with Gasteiger partial charge in [-0.3, -0.25) is 14.8 Å². The second kappa shape index (κ2) is 7.72. The number of nitrogens with one attached hydrogen (secondary N) is 1. The van der Waals surface area contributed by atoms with Crippen molar-refractivity contribution in [3.8, 4) is 6.07 Å². The van der Waals surface area contributed by atoms with E-state index in [0.29, 0.717) is 23.5 Å². The fourth-order valence-electron chi connectivity index (χ4n) is 4.30. The highest BCUT2D eigenvalue weighted by atomic mass is 16.2. The van der Waals surface area contributed by atoms with Crippen molar-refractivity contribution >= 4 is 22.6 Å². The molecule has 2 atom stereocenters. The van der Waals surface area contributed by atoms with Crippen LogP contribution in [0.1, 0.15) is 24.8 Å². The van der Waals surface area contributed by atoms with Crippen molar-refractivity contribution in [3.05, 3.63) is 30.1 Å². The van der Waals surface area contributed by atoms with Crippen LogP contribution < -0.4 is 10.2 Å². The summed E-state index contributed by atoms with van der Waals surface area (Å²) in [5.74, 6) is 1.39. The van der Waals surface area contributed by atoms with Crippen molar-refractivity contribution in [2.24, 2.45) is 11.8 Å². The third-order valence-electron chi connectivity index (χ3n) is 5.66. The van der Waals surface area contributed by atoms with Crippen molar-refractivity contribution in [2.75, 3.05) is 38.6 Å². The van der Waals surface area contributed by atoms with Crippen LogP contribution in [0.4, 0.5) is 5.69 Å². The summed E-state index contributed by atoms with van der Waals surface area (Å²) in [5.41, 5.74) is 2.94. The lowest BCUT2D eigenvalue weighted by Crippen LogP contribution is -2.52. The number of aromatic nitrogens is 2. The maximum Gasteiger partial charge on any atom is 0.234 e. The first-order valence-corrected chi connectivity index (χ1v) is 9.88. The van der Waals surface area contributed by atoms with Gasteiger partial charge in [0.1, 0.15) is 17.1 Å². The molecule has 28 heavy (non-hydrogen) atoms. The van der Waals surface area contributed by atoms with Crippen LogP contribution in [0.25, 0.3) is 11.0 Å². The molecule has 0 radical (unpaired) electrons. The van der Waals surface area contributed by atoms with E-state index in [4.69, 9.17) is 0 Å². The fraction of sp³-hybridized carbons (Fsp3) is 0.524. The molecule has 4 rings (SSSR count). The number of anilines is 1. The molecule has 2 aliphatic rings. The molecule has 0 bridgehead atoms. The molecule has 2 fully saturated rings. The summed E-state index contributed by atoms with van der Waals surface area (Å²) in [6.45, 7) is 2.11. The van der Waals surface area contributed by atoms with Gasteiger partial charge in [0.2, 0.25) is 5.91 Å². The monoisotopic (exact) mass is 378 g/mol. The van der Waals surface area contributed by atoms with Gasteiger partial charge < -0.3 is 15.1 Å². The lowest BCUT2D eigenvalue weighted by molar-refractivity contribution is -0.122. The summed E-state index contributed by atoms with van der Waals surface area (Å²) in [7, 11) is 3.81. The third kappa shape index (κ3) is 3.92. The average Bonchev–Trinajstić information content (AvgIpc) is 3.51. The Morgan fingerprint density at radius 1 is 1.21 bits per heavy atom. The van der Waals surface area contributed by atoms with Crippen molar-refractivity contribution in [1.29, 1.82) is 5.26 Å². The third-order valence-corrected chi connectivity index (χ3v) is 5.66. The summed E-state index contributed by atoms with van der Waals surface area (Å²) in [5, 5.41) is 12.6. The summed E-state index contributed by atoms with van der Waals surface area (Å²) >= 11 is 0. The Kier molecular flexibility index (Phi) is 5.14. The Balaban J connectivity index is 1.62. The van der Waals surface area contributed by atoms with Crippen LogP contribution in [0, 0.1) is 23.2 Å². The van der Waals surface area contributed by atoms with Crippen molar-refractivity contribution in [2.45, 2.75) is 25.3 Å². The molecule has 1 N–H and O–H groups in total. The fourth-order valence-corrected chi connectivity index (χ4v) is 4.30. The molecule has 7 heteroatoms. The Labute approximate surface area is 165 Å². The first kappa shape index (κ1) is 18.6. The van der Waals surface area contributed by atoms with Gasteiger partial charge in [0, 0.05) is 31.5 Å². The van der Waals surface area contributed by atoms with E-state index < -0.39 is 0 Å². The molecule has 146 valence electrons. The number of nitrogens with zero attached hydrogens (tertiary/aromatic N) is 5. The number of piperidine rings is 1. The van der Waals surface area contributed by atoms with E-state index in [2.05, 4.69) is 26.3 Å². The Morgan fingerprint density at radius 2 is 1.96 bits per heavy atom. The predicted octanol–water partition coefficient (Wildman–Crippen LogP) is 1.78. The SMILES string of the molecule is CN(C)CC(=O)N[C@H]1C[C@@H](C2CC2)CN(c2ccc(C#N)c3nccnc23)C1. The van der Waals surface area contributed by atoms with Crippen LogP contribution in [-0.2, 0) is 4.79 Å². The lowest BCUT2D eigenvalue weighted by Gasteiger charge is -2.40. The van der Waals surface area contributed by atoms with E-state index in [1.807, 2.05) is 31.1 Å². The zero-order chi connectivity index (χ0) is 19.7. The summed E-state index contributed by atoms with van der Waals surface area (Å²) in [4.78, 5) is 25.4. The van der Waals surface area contributed by atoms with Gasteiger partial charge in [-0.1, -0.05) is 0 Å². The normalized spacial score (nSPS) is 22.3. The molecule has 7 nitrogen and oxygen atoms in total. The van der Waals surface area contributed by atoms with E-state index >= 15 is 0 Å². The van der Waals surface area contributed by atoms with Crippen LogP contribution in [0.2, 0.25) is 0 Å².